The number of benzene rings is 2. The lowest BCUT2D eigenvalue weighted by Crippen LogP contribution is -2.48. The summed E-state index contributed by atoms with van der Waals surface area (Å²) in [7, 11) is 0. The molecule has 0 bridgehead atoms. The van der Waals surface area contributed by atoms with Gasteiger partial charge in [-0.3, -0.25) is 9.59 Å². The summed E-state index contributed by atoms with van der Waals surface area (Å²) >= 11 is 4.04. The van der Waals surface area contributed by atoms with Gasteiger partial charge in [0.05, 0.1) is 13.2 Å². The molecular formula is C22H23I2N3O3. The number of phenols is 1. The molecule has 0 spiro atoms. The van der Waals surface area contributed by atoms with Gasteiger partial charge < -0.3 is 15.7 Å². The van der Waals surface area contributed by atoms with Gasteiger partial charge in [-0.1, -0.05) is 32.9 Å². The van der Waals surface area contributed by atoms with Crippen LogP contribution in [0.15, 0.2) is 36.4 Å². The molecular weight excluding hydrogens is 608 g/mol. The van der Waals surface area contributed by atoms with Crippen molar-refractivity contribution < 1.29 is 14.7 Å². The number of hydrogen-bond acceptors (Lipinski definition) is 4. The fourth-order valence-electron chi connectivity index (χ4n) is 2.79. The van der Waals surface area contributed by atoms with Gasteiger partial charge in [-0.25, -0.2) is 0 Å². The summed E-state index contributed by atoms with van der Waals surface area (Å²) in [6, 6.07) is 11.9. The first kappa shape index (κ1) is 24.4. The maximum atomic E-state index is 12.8. The summed E-state index contributed by atoms with van der Waals surface area (Å²) in [5, 5.41) is 24.0. The highest BCUT2D eigenvalue weighted by atomic mass is 127. The highest BCUT2D eigenvalue weighted by Crippen LogP contribution is 2.28. The second kappa shape index (κ2) is 10.4. The number of phenolic OH excluding ortho intramolecular Hbond substituents is 1. The molecule has 0 aliphatic carbocycles. The standard InChI is InChI=1S/C22H23I2N3O3/c1-22(2,3)15-6-4-14(5-7-15)20(29)27-18(21(30)26-9-8-25)12-13-10-16(23)19(28)17(24)11-13/h4-7,10-11,18,28H,9,12H2,1-3H3,(H,26,30)(H,27,29). The third-order valence-electron chi connectivity index (χ3n) is 4.49. The third-order valence-corrected chi connectivity index (χ3v) is 6.14. The summed E-state index contributed by atoms with van der Waals surface area (Å²) in [4.78, 5) is 25.3. The molecule has 0 radical (unpaired) electrons. The molecule has 30 heavy (non-hydrogen) atoms. The average Bonchev–Trinajstić information content (AvgIpc) is 2.69. The SMILES string of the molecule is CC(C)(C)c1ccc(C(=O)NC(Cc2cc(I)c(O)c(I)c2)C(=O)NCC#N)cc1. The predicted molar refractivity (Wildman–Crippen MR) is 132 cm³/mol. The molecule has 2 rings (SSSR count). The van der Waals surface area contributed by atoms with Crippen molar-refractivity contribution in [3.63, 3.8) is 0 Å². The zero-order valence-electron chi connectivity index (χ0n) is 16.9. The van der Waals surface area contributed by atoms with Crippen molar-refractivity contribution in [2.24, 2.45) is 0 Å². The van der Waals surface area contributed by atoms with Crippen molar-refractivity contribution >= 4 is 57.0 Å². The number of rotatable bonds is 6. The Balaban J connectivity index is 2.24. The van der Waals surface area contributed by atoms with Crippen LogP contribution in [0.5, 0.6) is 5.75 Å². The molecule has 0 aliphatic heterocycles. The van der Waals surface area contributed by atoms with Crippen LogP contribution in [-0.2, 0) is 16.6 Å². The molecule has 2 aromatic rings. The summed E-state index contributed by atoms with van der Waals surface area (Å²) < 4.78 is 1.32. The lowest BCUT2D eigenvalue weighted by atomic mass is 9.86. The van der Waals surface area contributed by atoms with E-state index in [4.69, 9.17) is 5.26 Å². The van der Waals surface area contributed by atoms with Crippen LogP contribution >= 0.6 is 45.2 Å². The number of nitrogens with one attached hydrogen (secondary N) is 2. The Bertz CT molecular complexity index is 954. The van der Waals surface area contributed by atoms with E-state index in [1.54, 1.807) is 24.3 Å². The molecule has 0 fully saturated rings. The molecule has 0 aliphatic rings. The molecule has 0 saturated carbocycles. The molecule has 3 N–H and O–H groups in total. The first-order valence-electron chi connectivity index (χ1n) is 9.26. The maximum absolute atomic E-state index is 12.8. The Morgan fingerprint density at radius 1 is 1.13 bits per heavy atom. The number of nitriles is 1. The molecule has 2 amide bonds. The van der Waals surface area contributed by atoms with E-state index in [1.807, 2.05) is 63.4 Å². The molecule has 0 heterocycles. The molecule has 0 aromatic heterocycles. The zero-order chi connectivity index (χ0) is 22.5. The summed E-state index contributed by atoms with van der Waals surface area (Å²) in [5.41, 5.74) is 2.33. The van der Waals surface area contributed by atoms with Gasteiger partial charge in [0, 0.05) is 12.0 Å². The van der Waals surface area contributed by atoms with E-state index in [-0.39, 0.29) is 30.0 Å². The van der Waals surface area contributed by atoms with Crippen LogP contribution in [0.1, 0.15) is 42.3 Å². The second-order valence-electron chi connectivity index (χ2n) is 7.84. The Labute approximate surface area is 203 Å². The van der Waals surface area contributed by atoms with E-state index >= 15 is 0 Å². The van der Waals surface area contributed by atoms with Crippen LogP contribution in [0.2, 0.25) is 0 Å². The highest BCUT2D eigenvalue weighted by Gasteiger charge is 2.23. The van der Waals surface area contributed by atoms with Gasteiger partial charge in [-0.05, 0) is 86.0 Å². The van der Waals surface area contributed by atoms with Crippen LogP contribution in [-0.4, -0.2) is 29.5 Å². The summed E-state index contributed by atoms with van der Waals surface area (Å²) in [6.45, 7) is 6.14. The van der Waals surface area contributed by atoms with E-state index in [1.165, 1.54) is 0 Å². The Hall–Kier alpha value is -1.87. The number of carbonyl (C=O) groups is 2. The van der Waals surface area contributed by atoms with E-state index in [0.29, 0.717) is 12.7 Å². The fourth-order valence-corrected chi connectivity index (χ4v) is 4.69. The molecule has 1 unspecified atom stereocenters. The third kappa shape index (κ3) is 6.57. The monoisotopic (exact) mass is 631 g/mol. The predicted octanol–water partition coefficient (Wildman–Crippen LogP) is 3.88. The van der Waals surface area contributed by atoms with Crippen LogP contribution in [0.25, 0.3) is 0 Å². The van der Waals surface area contributed by atoms with E-state index in [0.717, 1.165) is 11.1 Å². The number of halogens is 2. The molecule has 0 saturated heterocycles. The van der Waals surface area contributed by atoms with E-state index in [2.05, 4.69) is 31.4 Å². The minimum absolute atomic E-state index is 0.0259. The zero-order valence-corrected chi connectivity index (χ0v) is 21.2. The molecule has 158 valence electrons. The normalized spacial score (nSPS) is 12.0. The van der Waals surface area contributed by atoms with Gasteiger partial charge in [0.1, 0.15) is 18.3 Å². The topological polar surface area (TPSA) is 102 Å². The van der Waals surface area contributed by atoms with Gasteiger partial charge in [-0.2, -0.15) is 5.26 Å². The lowest BCUT2D eigenvalue weighted by molar-refractivity contribution is -0.122. The largest absolute Gasteiger partial charge is 0.506 e. The first-order chi connectivity index (χ1) is 14.0. The number of carbonyl (C=O) groups excluding carboxylic acids is 2. The van der Waals surface area contributed by atoms with Crippen molar-refractivity contribution in [2.45, 2.75) is 38.6 Å². The molecule has 8 heteroatoms. The minimum Gasteiger partial charge on any atom is -0.506 e. The number of nitrogens with zero attached hydrogens (tertiary/aromatic N) is 1. The van der Waals surface area contributed by atoms with Crippen molar-refractivity contribution in [1.29, 1.82) is 5.26 Å². The smallest absolute Gasteiger partial charge is 0.251 e. The van der Waals surface area contributed by atoms with Crippen molar-refractivity contribution in [3.05, 3.63) is 60.2 Å². The van der Waals surface area contributed by atoms with Gasteiger partial charge in [0.2, 0.25) is 5.91 Å². The van der Waals surface area contributed by atoms with Gasteiger partial charge in [-0.15, -0.1) is 0 Å². The quantitative estimate of drug-likeness (QED) is 0.333. The van der Waals surface area contributed by atoms with Crippen molar-refractivity contribution in [2.75, 3.05) is 6.54 Å². The molecule has 6 nitrogen and oxygen atoms in total. The lowest BCUT2D eigenvalue weighted by Gasteiger charge is -2.20. The van der Waals surface area contributed by atoms with Crippen LogP contribution < -0.4 is 10.6 Å². The van der Waals surface area contributed by atoms with Gasteiger partial charge in [0.25, 0.3) is 5.91 Å². The Kier molecular flexibility index (Phi) is 8.49. The van der Waals surface area contributed by atoms with Crippen LogP contribution in [0, 0.1) is 18.5 Å². The van der Waals surface area contributed by atoms with Crippen LogP contribution in [0.3, 0.4) is 0 Å². The van der Waals surface area contributed by atoms with E-state index < -0.39 is 11.9 Å². The number of hydrogen-bond donors (Lipinski definition) is 3. The fraction of sp³-hybridized carbons (Fsp3) is 0.318. The van der Waals surface area contributed by atoms with E-state index in [9.17, 15) is 14.7 Å². The van der Waals surface area contributed by atoms with Crippen LogP contribution in [0.4, 0.5) is 0 Å². The number of amides is 2. The minimum atomic E-state index is -0.857. The first-order valence-corrected chi connectivity index (χ1v) is 11.4. The highest BCUT2D eigenvalue weighted by molar-refractivity contribution is 14.1. The summed E-state index contributed by atoms with van der Waals surface area (Å²) in [5.74, 6) is -0.613. The molecule has 2 aromatic carbocycles. The van der Waals surface area contributed by atoms with Gasteiger partial charge in [0.15, 0.2) is 0 Å². The molecule has 1 atom stereocenters. The van der Waals surface area contributed by atoms with Gasteiger partial charge >= 0.3 is 0 Å². The summed E-state index contributed by atoms with van der Waals surface area (Å²) in [6.07, 6.45) is 0.232. The number of aromatic hydroxyl groups is 1. The second-order valence-corrected chi connectivity index (χ2v) is 10.2. The van der Waals surface area contributed by atoms with Crippen molar-refractivity contribution in [3.8, 4) is 11.8 Å². The Morgan fingerprint density at radius 3 is 2.20 bits per heavy atom. The maximum Gasteiger partial charge on any atom is 0.251 e. The average molecular weight is 631 g/mol. The van der Waals surface area contributed by atoms with Crippen molar-refractivity contribution in [1.82, 2.24) is 10.6 Å². The Morgan fingerprint density at radius 2 is 1.70 bits per heavy atom.